The number of rotatable bonds is 1. The fourth-order valence-electron chi connectivity index (χ4n) is 3.77. The van der Waals surface area contributed by atoms with Crippen LogP contribution in [0, 0.1) is 23.2 Å². The van der Waals surface area contributed by atoms with Crippen molar-refractivity contribution < 1.29 is 9.90 Å². The van der Waals surface area contributed by atoms with Crippen LogP contribution in [0.5, 0.6) is 0 Å². The lowest BCUT2D eigenvalue weighted by atomic mass is 9.89. The molecule has 4 atom stereocenters. The van der Waals surface area contributed by atoms with Crippen molar-refractivity contribution in [2.75, 3.05) is 6.54 Å². The lowest BCUT2D eigenvalue weighted by Gasteiger charge is -2.27. The molecule has 4 unspecified atom stereocenters. The highest BCUT2D eigenvalue weighted by atomic mass is 16.3. The third-order valence-electron chi connectivity index (χ3n) is 4.54. The van der Waals surface area contributed by atoms with Crippen LogP contribution in [0.1, 0.15) is 30.0 Å². The topological polar surface area (TPSA) is 90.3 Å². The fourth-order valence-corrected chi connectivity index (χ4v) is 3.77. The van der Waals surface area contributed by atoms with Crippen LogP contribution in [0.2, 0.25) is 0 Å². The molecule has 0 aromatic heterocycles. The molecule has 2 fully saturated rings. The summed E-state index contributed by atoms with van der Waals surface area (Å²) >= 11 is 0. The molecule has 3 N–H and O–H groups in total. The highest BCUT2D eigenvalue weighted by Gasteiger charge is 2.48. The molecule has 1 heterocycles. The van der Waals surface area contributed by atoms with E-state index in [0.717, 1.165) is 12.0 Å². The maximum Gasteiger partial charge on any atom is 0.315 e. The number of hydrogen-bond donors (Lipinski definition) is 2. The van der Waals surface area contributed by atoms with Gasteiger partial charge in [-0.1, -0.05) is 12.1 Å². The Bertz CT molecular complexity index is 581. The normalized spacial score (nSPS) is 31.9. The van der Waals surface area contributed by atoms with Crippen molar-refractivity contribution in [3.63, 3.8) is 0 Å². The molecule has 0 radical (unpaired) electrons. The molecule has 1 aromatic carbocycles. The first-order valence-electron chi connectivity index (χ1n) is 6.84. The number of primary amides is 1. The number of amides is 2. The second kappa shape index (κ2) is 4.80. The van der Waals surface area contributed by atoms with Crippen LogP contribution in [0.3, 0.4) is 0 Å². The van der Waals surface area contributed by atoms with Crippen LogP contribution in [0.25, 0.3) is 0 Å². The smallest absolute Gasteiger partial charge is 0.315 e. The summed E-state index contributed by atoms with van der Waals surface area (Å²) < 4.78 is 0. The van der Waals surface area contributed by atoms with Gasteiger partial charge in [0.25, 0.3) is 0 Å². The minimum absolute atomic E-state index is 0.122. The molecule has 104 valence electrons. The van der Waals surface area contributed by atoms with Gasteiger partial charge in [0.2, 0.25) is 0 Å². The minimum atomic E-state index is -0.429. The van der Waals surface area contributed by atoms with Crippen molar-refractivity contribution in [2.45, 2.75) is 25.0 Å². The first-order chi connectivity index (χ1) is 9.60. The third-order valence-corrected chi connectivity index (χ3v) is 4.54. The van der Waals surface area contributed by atoms with Crippen molar-refractivity contribution in [1.82, 2.24) is 4.90 Å². The van der Waals surface area contributed by atoms with Gasteiger partial charge in [0, 0.05) is 6.54 Å². The molecular formula is C15H17N3O2. The summed E-state index contributed by atoms with van der Waals surface area (Å²) in [6.07, 6.45) is 1.13. The van der Waals surface area contributed by atoms with Crippen LogP contribution >= 0.6 is 0 Å². The zero-order valence-corrected chi connectivity index (χ0v) is 11.1. The van der Waals surface area contributed by atoms with Crippen LogP contribution in [-0.4, -0.2) is 28.7 Å². The van der Waals surface area contributed by atoms with Crippen molar-refractivity contribution >= 4 is 6.03 Å². The summed E-state index contributed by atoms with van der Waals surface area (Å²) in [5.74, 6) is 0.527. The Balaban J connectivity index is 1.98. The van der Waals surface area contributed by atoms with Gasteiger partial charge >= 0.3 is 6.03 Å². The molecule has 0 bridgehead atoms. The van der Waals surface area contributed by atoms with E-state index in [1.165, 1.54) is 0 Å². The van der Waals surface area contributed by atoms with E-state index in [4.69, 9.17) is 11.0 Å². The van der Waals surface area contributed by atoms with Crippen LogP contribution in [0.15, 0.2) is 24.3 Å². The molecule has 20 heavy (non-hydrogen) atoms. The Morgan fingerprint density at radius 2 is 2.25 bits per heavy atom. The number of carbonyl (C=O) groups excluding carboxylic acids is 1. The molecular weight excluding hydrogens is 254 g/mol. The number of carbonyl (C=O) groups is 1. The van der Waals surface area contributed by atoms with Crippen LogP contribution < -0.4 is 5.73 Å². The largest absolute Gasteiger partial charge is 0.393 e. The SMILES string of the molecule is N#Cc1cccc(C2C3CC(O)CC3CN2C(N)=O)c1. The Labute approximate surface area is 117 Å². The van der Waals surface area contributed by atoms with Crippen molar-refractivity contribution in [2.24, 2.45) is 17.6 Å². The van der Waals surface area contributed by atoms with E-state index in [2.05, 4.69) is 6.07 Å². The summed E-state index contributed by atoms with van der Waals surface area (Å²) in [5, 5.41) is 18.9. The summed E-state index contributed by atoms with van der Waals surface area (Å²) in [7, 11) is 0. The molecule has 1 aliphatic heterocycles. The molecule has 1 saturated heterocycles. The van der Waals surface area contributed by atoms with Gasteiger partial charge in [-0.3, -0.25) is 0 Å². The van der Waals surface area contributed by atoms with Gasteiger partial charge in [-0.05, 0) is 42.4 Å². The van der Waals surface area contributed by atoms with Crippen LogP contribution in [0.4, 0.5) is 4.79 Å². The fraction of sp³-hybridized carbons (Fsp3) is 0.467. The first kappa shape index (κ1) is 12.9. The molecule has 2 amide bonds. The zero-order chi connectivity index (χ0) is 14.3. The molecule has 1 aromatic rings. The Kier molecular flexibility index (Phi) is 3.11. The number of aliphatic hydroxyl groups is 1. The summed E-state index contributed by atoms with van der Waals surface area (Å²) in [5.41, 5.74) is 7.01. The summed E-state index contributed by atoms with van der Waals surface area (Å²) in [6, 6.07) is 8.88. The van der Waals surface area contributed by atoms with E-state index in [1.807, 2.05) is 18.2 Å². The number of nitriles is 1. The Morgan fingerprint density at radius 3 is 2.95 bits per heavy atom. The molecule has 3 rings (SSSR count). The molecule has 5 heteroatoms. The minimum Gasteiger partial charge on any atom is -0.393 e. The number of nitrogens with two attached hydrogens (primary N) is 1. The molecule has 1 aliphatic carbocycles. The lowest BCUT2D eigenvalue weighted by molar-refractivity contribution is 0.149. The lowest BCUT2D eigenvalue weighted by Crippen LogP contribution is -2.37. The van der Waals surface area contributed by atoms with Gasteiger partial charge in [0.15, 0.2) is 0 Å². The van der Waals surface area contributed by atoms with Gasteiger partial charge in [0.05, 0.1) is 23.8 Å². The van der Waals surface area contributed by atoms with E-state index in [1.54, 1.807) is 11.0 Å². The number of hydrogen-bond acceptors (Lipinski definition) is 3. The van der Waals surface area contributed by atoms with E-state index < -0.39 is 6.03 Å². The quantitative estimate of drug-likeness (QED) is 0.808. The van der Waals surface area contributed by atoms with Crippen LogP contribution in [-0.2, 0) is 0 Å². The highest BCUT2D eigenvalue weighted by Crippen LogP contribution is 2.49. The highest BCUT2D eigenvalue weighted by molar-refractivity contribution is 5.73. The number of aliphatic hydroxyl groups excluding tert-OH is 1. The maximum absolute atomic E-state index is 11.7. The van der Waals surface area contributed by atoms with Gasteiger partial charge in [-0.25, -0.2) is 4.79 Å². The number of nitrogens with zero attached hydrogens (tertiary/aromatic N) is 2. The van der Waals surface area contributed by atoms with Gasteiger partial charge in [0.1, 0.15) is 0 Å². The molecule has 1 saturated carbocycles. The van der Waals surface area contributed by atoms with Crippen molar-refractivity contribution in [3.8, 4) is 6.07 Å². The van der Waals surface area contributed by atoms with Gasteiger partial charge < -0.3 is 15.7 Å². The molecule has 0 spiro atoms. The van der Waals surface area contributed by atoms with E-state index in [9.17, 15) is 9.90 Å². The standard InChI is InChI=1S/C15H17N3O2/c16-7-9-2-1-3-10(4-9)14-13-6-12(19)5-11(13)8-18(14)15(17)20/h1-4,11-14,19H,5-6,8H2,(H2,17,20). The maximum atomic E-state index is 11.7. The number of benzene rings is 1. The Hall–Kier alpha value is -2.06. The number of urea groups is 1. The monoisotopic (exact) mass is 271 g/mol. The third kappa shape index (κ3) is 2.02. The predicted molar refractivity (Wildman–Crippen MR) is 72.4 cm³/mol. The second-order valence-electron chi connectivity index (χ2n) is 5.72. The first-order valence-corrected chi connectivity index (χ1v) is 6.84. The van der Waals surface area contributed by atoms with Gasteiger partial charge in [-0.2, -0.15) is 5.26 Å². The van der Waals surface area contributed by atoms with Gasteiger partial charge in [-0.15, -0.1) is 0 Å². The van der Waals surface area contributed by atoms with E-state index in [0.29, 0.717) is 24.4 Å². The number of fused-ring (bicyclic) bond motifs is 1. The van der Waals surface area contributed by atoms with E-state index in [-0.39, 0.29) is 18.1 Å². The number of likely N-dealkylation sites (tertiary alicyclic amines) is 1. The predicted octanol–water partition coefficient (Wildman–Crippen LogP) is 1.38. The zero-order valence-electron chi connectivity index (χ0n) is 11.1. The second-order valence-corrected chi connectivity index (χ2v) is 5.72. The van der Waals surface area contributed by atoms with E-state index >= 15 is 0 Å². The summed E-state index contributed by atoms with van der Waals surface area (Å²) in [6.45, 7) is 0.596. The summed E-state index contributed by atoms with van der Waals surface area (Å²) in [4.78, 5) is 13.4. The van der Waals surface area contributed by atoms with Crippen molar-refractivity contribution in [3.05, 3.63) is 35.4 Å². The van der Waals surface area contributed by atoms with Crippen molar-refractivity contribution in [1.29, 1.82) is 5.26 Å². The average Bonchev–Trinajstić information content (AvgIpc) is 2.94. The average molecular weight is 271 g/mol. The Morgan fingerprint density at radius 1 is 1.45 bits per heavy atom. The molecule has 2 aliphatic rings. The molecule has 5 nitrogen and oxygen atoms in total.